The zero-order chi connectivity index (χ0) is 25.4. The number of nitrogens with two attached hydrogens (primary N) is 1. The van der Waals surface area contributed by atoms with E-state index in [9.17, 15) is 14.3 Å². The number of nitrogen functional groups attached to an aromatic ring is 1. The maximum absolute atomic E-state index is 14.4. The standard InChI is InChI=1S/C26H22ClFN6O2/c1-2-19-22-20(32-26(29)31-19)11-21(34(25(22)36)13-14-6-4-3-5-7-14)16-9-8-15(28)10-17(16)23-30-12-18(27)24(35)33-23/h3-10,12,21H,2,11,13H2,1H3,(H2,29,31,32)(H,30,33,35)/t21-/m1/s1. The lowest BCUT2D eigenvalue weighted by Crippen LogP contribution is -2.41. The Kier molecular flexibility index (Phi) is 6.24. The molecule has 2 aromatic heterocycles. The minimum atomic E-state index is -0.541. The average molecular weight is 505 g/mol. The molecule has 0 saturated heterocycles. The van der Waals surface area contributed by atoms with Gasteiger partial charge in [0.1, 0.15) is 10.8 Å². The highest BCUT2D eigenvalue weighted by Crippen LogP contribution is 2.39. The Morgan fingerprint density at radius 1 is 1.17 bits per heavy atom. The van der Waals surface area contributed by atoms with Crippen molar-refractivity contribution in [2.45, 2.75) is 32.4 Å². The molecule has 1 aliphatic heterocycles. The fraction of sp³-hybridized carbons (Fsp3) is 0.192. The third kappa shape index (κ3) is 4.33. The van der Waals surface area contributed by atoms with Gasteiger partial charge < -0.3 is 15.7 Å². The molecule has 3 heterocycles. The molecule has 2 aromatic carbocycles. The molecular formula is C26H22ClFN6O2. The van der Waals surface area contributed by atoms with Gasteiger partial charge in [0.2, 0.25) is 11.8 Å². The highest BCUT2D eigenvalue weighted by Gasteiger charge is 2.38. The summed E-state index contributed by atoms with van der Waals surface area (Å²) >= 11 is 5.89. The second-order valence-corrected chi connectivity index (χ2v) is 8.85. The molecule has 0 spiro atoms. The molecule has 0 fully saturated rings. The number of rotatable bonds is 5. The van der Waals surface area contributed by atoms with Gasteiger partial charge >= 0.3 is 0 Å². The first-order valence-corrected chi connectivity index (χ1v) is 11.7. The number of hydrogen-bond donors (Lipinski definition) is 2. The molecule has 36 heavy (non-hydrogen) atoms. The Morgan fingerprint density at radius 2 is 1.94 bits per heavy atom. The van der Waals surface area contributed by atoms with E-state index in [1.54, 1.807) is 11.0 Å². The monoisotopic (exact) mass is 504 g/mol. The van der Waals surface area contributed by atoms with Gasteiger partial charge in [0.05, 0.1) is 29.2 Å². The Morgan fingerprint density at radius 3 is 2.67 bits per heavy atom. The zero-order valence-electron chi connectivity index (χ0n) is 19.3. The Labute approximate surface area is 211 Å². The molecule has 0 radical (unpaired) electrons. The van der Waals surface area contributed by atoms with Gasteiger partial charge in [-0.25, -0.2) is 19.3 Å². The van der Waals surface area contributed by atoms with Gasteiger partial charge in [0, 0.05) is 18.5 Å². The van der Waals surface area contributed by atoms with E-state index >= 15 is 0 Å². The normalized spacial score (nSPS) is 15.1. The lowest BCUT2D eigenvalue weighted by molar-refractivity contribution is 0.0624. The van der Waals surface area contributed by atoms with Crippen LogP contribution in [-0.4, -0.2) is 35.8 Å². The number of fused-ring (bicyclic) bond motifs is 1. The van der Waals surface area contributed by atoms with Crippen LogP contribution in [0.15, 0.2) is 54.7 Å². The van der Waals surface area contributed by atoms with Crippen LogP contribution in [0.4, 0.5) is 10.3 Å². The first-order chi connectivity index (χ1) is 17.4. The number of benzene rings is 2. The van der Waals surface area contributed by atoms with Crippen LogP contribution in [0.3, 0.4) is 0 Å². The number of aryl methyl sites for hydroxylation is 1. The van der Waals surface area contributed by atoms with E-state index in [2.05, 4.69) is 19.9 Å². The summed E-state index contributed by atoms with van der Waals surface area (Å²) in [7, 11) is 0. The number of carbonyl (C=O) groups excluding carboxylic acids is 1. The maximum Gasteiger partial charge on any atom is 0.258 e. The molecule has 1 aliphatic rings. The molecule has 5 rings (SSSR count). The predicted molar refractivity (Wildman–Crippen MR) is 133 cm³/mol. The molecule has 8 nitrogen and oxygen atoms in total. The number of hydrogen-bond acceptors (Lipinski definition) is 7. The van der Waals surface area contributed by atoms with Crippen LogP contribution < -0.4 is 5.73 Å². The molecule has 4 aromatic rings. The molecule has 182 valence electrons. The fourth-order valence-corrected chi connectivity index (χ4v) is 4.64. The van der Waals surface area contributed by atoms with Gasteiger partial charge in [-0.1, -0.05) is 54.9 Å². The van der Waals surface area contributed by atoms with E-state index in [0.29, 0.717) is 47.5 Å². The van der Waals surface area contributed by atoms with Crippen molar-refractivity contribution in [3.63, 3.8) is 0 Å². The Hall–Kier alpha value is -4.11. The number of carbonyl (C=O) groups is 1. The molecule has 0 aliphatic carbocycles. The van der Waals surface area contributed by atoms with Crippen LogP contribution in [0.5, 0.6) is 5.88 Å². The number of aromatic nitrogens is 4. The smallest absolute Gasteiger partial charge is 0.258 e. The topological polar surface area (TPSA) is 118 Å². The summed E-state index contributed by atoms with van der Waals surface area (Å²) in [5.74, 6) is -0.989. The van der Waals surface area contributed by atoms with E-state index in [1.165, 1.54) is 18.3 Å². The summed E-state index contributed by atoms with van der Waals surface area (Å²) in [5, 5.41) is 10.0. The third-order valence-corrected chi connectivity index (χ3v) is 6.45. The maximum atomic E-state index is 14.4. The molecule has 3 N–H and O–H groups in total. The molecule has 10 heteroatoms. The van der Waals surface area contributed by atoms with Gasteiger partial charge in [0.15, 0.2) is 5.82 Å². The molecule has 0 unspecified atom stereocenters. The van der Waals surface area contributed by atoms with Crippen molar-refractivity contribution in [2.75, 3.05) is 5.73 Å². The van der Waals surface area contributed by atoms with Crippen molar-refractivity contribution in [3.05, 3.63) is 93.6 Å². The second kappa shape index (κ2) is 9.50. The van der Waals surface area contributed by atoms with Crippen LogP contribution in [0.2, 0.25) is 5.02 Å². The Balaban J connectivity index is 1.69. The van der Waals surface area contributed by atoms with E-state index in [-0.39, 0.29) is 22.7 Å². The molecule has 1 amide bonds. The van der Waals surface area contributed by atoms with Crippen molar-refractivity contribution in [1.29, 1.82) is 0 Å². The summed E-state index contributed by atoms with van der Waals surface area (Å²) in [4.78, 5) is 32.6. The molecular weight excluding hydrogens is 483 g/mol. The van der Waals surface area contributed by atoms with Crippen LogP contribution in [0.25, 0.3) is 11.4 Å². The van der Waals surface area contributed by atoms with Crippen LogP contribution in [-0.2, 0) is 19.4 Å². The quantitative estimate of drug-likeness (QED) is 0.410. The van der Waals surface area contributed by atoms with Crippen molar-refractivity contribution in [1.82, 2.24) is 24.8 Å². The average Bonchev–Trinajstić information content (AvgIpc) is 2.87. The van der Waals surface area contributed by atoms with Crippen LogP contribution in [0.1, 0.15) is 45.8 Å². The molecule has 0 saturated carbocycles. The van der Waals surface area contributed by atoms with E-state index in [1.807, 2.05) is 37.3 Å². The highest BCUT2D eigenvalue weighted by atomic mass is 35.5. The largest absolute Gasteiger partial charge is 0.492 e. The highest BCUT2D eigenvalue weighted by molar-refractivity contribution is 6.31. The number of aromatic hydroxyl groups is 1. The van der Waals surface area contributed by atoms with E-state index < -0.39 is 17.7 Å². The molecule has 1 atom stereocenters. The summed E-state index contributed by atoms with van der Waals surface area (Å²) in [6.07, 6.45) is 2.09. The zero-order valence-corrected chi connectivity index (χ0v) is 20.1. The van der Waals surface area contributed by atoms with Gasteiger partial charge in [-0.15, -0.1) is 0 Å². The van der Waals surface area contributed by atoms with Crippen LogP contribution in [0, 0.1) is 5.82 Å². The van der Waals surface area contributed by atoms with Crippen molar-refractivity contribution >= 4 is 23.5 Å². The second-order valence-electron chi connectivity index (χ2n) is 8.44. The van der Waals surface area contributed by atoms with Crippen molar-refractivity contribution in [3.8, 4) is 17.3 Å². The third-order valence-electron chi connectivity index (χ3n) is 6.19. The minimum Gasteiger partial charge on any atom is -0.492 e. The van der Waals surface area contributed by atoms with Gasteiger partial charge in [0.25, 0.3) is 5.91 Å². The van der Waals surface area contributed by atoms with Crippen molar-refractivity contribution < 1.29 is 14.3 Å². The first-order valence-electron chi connectivity index (χ1n) is 11.4. The predicted octanol–water partition coefficient (Wildman–Crippen LogP) is 4.52. The van der Waals surface area contributed by atoms with Gasteiger partial charge in [-0.3, -0.25) is 4.79 Å². The Bertz CT molecular complexity index is 1470. The van der Waals surface area contributed by atoms with E-state index in [4.69, 9.17) is 17.3 Å². The number of anilines is 1. The number of amides is 1. The SMILES string of the molecule is CCc1nc(N)nc2c1C(=O)N(Cc1ccccc1)[C@@H](c1ccc(F)cc1-c1ncc(Cl)c(O)n1)C2. The summed E-state index contributed by atoms with van der Waals surface area (Å²) in [5.41, 5.74) is 9.39. The minimum absolute atomic E-state index is 0.0246. The lowest BCUT2D eigenvalue weighted by atomic mass is 9.88. The van der Waals surface area contributed by atoms with Gasteiger partial charge in [-0.05, 0) is 29.7 Å². The first kappa shape index (κ1) is 23.6. The van der Waals surface area contributed by atoms with Gasteiger partial charge in [-0.2, -0.15) is 4.98 Å². The number of halogens is 2. The van der Waals surface area contributed by atoms with Crippen LogP contribution >= 0.6 is 11.6 Å². The molecule has 0 bridgehead atoms. The fourth-order valence-electron chi connectivity index (χ4n) is 4.55. The summed E-state index contributed by atoms with van der Waals surface area (Å²) < 4.78 is 14.4. The summed E-state index contributed by atoms with van der Waals surface area (Å²) in [6, 6.07) is 13.3. The lowest BCUT2D eigenvalue weighted by Gasteiger charge is -2.38. The summed E-state index contributed by atoms with van der Waals surface area (Å²) in [6.45, 7) is 2.21. The number of nitrogens with zero attached hydrogens (tertiary/aromatic N) is 5. The van der Waals surface area contributed by atoms with Crippen molar-refractivity contribution in [2.24, 2.45) is 0 Å². The van der Waals surface area contributed by atoms with E-state index in [0.717, 1.165) is 5.56 Å².